The maximum atomic E-state index is 9.41. The molecule has 0 heterocycles. The molecule has 106 valence electrons. The van der Waals surface area contributed by atoms with Crippen molar-refractivity contribution in [3.8, 4) is 11.8 Å². The van der Waals surface area contributed by atoms with Crippen molar-refractivity contribution < 1.29 is 4.74 Å². The molecule has 0 fully saturated rings. The minimum absolute atomic E-state index is 0.555. The summed E-state index contributed by atoms with van der Waals surface area (Å²) < 4.78 is 6.50. The Morgan fingerprint density at radius 3 is 2.81 bits per heavy atom. The van der Waals surface area contributed by atoms with Crippen LogP contribution in [0.5, 0.6) is 5.75 Å². The van der Waals surface area contributed by atoms with E-state index < -0.39 is 0 Å². The van der Waals surface area contributed by atoms with Crippen LogP contribution < -0.4 is 4.74 Å². The molecule has 0 saturated carbocycles. The highest BCUT2D eigenvalue weighted by Gasteiger charge is 2.06. The summed E-state index contributed by atoms with van der Waals surface area (Å²) in [5.41, 5.74) is 2.19. The van der Waals surface area contributed by atoms with Gasteiger partial charge in [-0.25, -0.2) is 0 Å². The smallest absolute Gasteiger partial charge is 0.126 e. The number of allylic oxidation sites excluding steroid dienone is 1. The molecule has 0 aliphatic heterocycles. The van der Waals surface area contributed by atoms with Gasteiger partial charge in [0.2, 0.25) is 0 Å². The Morgan fingerprint density at radius 2 is 2.14 bits per heavy atom. The molecule has 0 unspecified atom stereocenters. The molecule has 2 nitrogen and oxygen atoms in total. The summed E-state index contributed by atoms with van der Waals surface area (Å²) in [5, 5.41) is 10.0. The summed E-state index contributed by atoms with van der Waals surface area (Å²) in [7, 11) is 0. The predicted octanol–water partition coefficient (Wildman–Crippen LogP) is 5.57. The number of halogens is 2. The molecule has 2 aromatic rings. The van der Waals surface area contributed by atoms with Crippen LogP contribution in [0.2, 0.25) is 5.02 Å². The van der Waals surface area contributed by atoms with E-state index in [0.717, 1.165) is 15.6 Å². The molecule has 2 rings (SSSR count). The fourth-order valence-corrected chi connectivity index (χ4v) is 2.49. The molecule has 4 heteroatoms. The molecule has 0 aliphatic carbocycles. The predicted molar refractivity (Wildman–Crippen MR) is 90.2 cm³/mol. The lowest BCUT2D eigenvalue weighted by molar-refractivity contribution is 0.339. The van der Waals surface area contributed by atoms with Crippen LogP contribution in [0.15, 0.2) is 46.9 Å². The average molecular weight is 363 g/mol. The molecule has 0 spiro atoms. The zero-order valence-electron chi connectivity index (χ0n) is 11.4. The molecule has 0 saturated heterocycles. The summed E-state index contributed by atoms with van der Waals surface area (Å²) >= 11 is 9.45. The number of benzene rings is 2. The zero-order valence-corrected chi connectivity index (χ0v) is 13.8. The van der Waals surface area contributed by atoms with Crippen LogP contribution >= 0.6 is 27.5 Å². The van der Waals surface area contributed by atoms with Crippen LogP contribution in [-0.4, -0.2) is 6.61 Å². The number of rotatable bonds is 4. The largest absolute Gasteiger partial charge is 0.493 e. The van der Waals surface area contributed by atoms with Crippen molar-refractivity contribution in [2.45, 2.75) is 6.92 Å². The van der Waals surface area contributed by atoms with E-state index in [4.69, 9.17) is 16.3 Å². The van der Waals surface area contributed by atoms with E-state index in [0.29, 0.717) is 23.0 Å². The van der Waals surface area contributed by atoms with Crippen molar-refractivity contribution >= 4 is 39.2 Å². The molecule has 0 amide bonds. The molecule has 2 aromatic carbocycles. The maximum absolute atomic E-state index is 9.41. The molecule has 0 bridgehead atoms. The van der Waals surface area contributed by atoms with Gasteiger partial charge in [0.1, 0.15) is 5.75 Å². The quantitative estimate of drug-likeness (QED) is 0.526. The van der Waals surface area contributed by atoms with E-state index in [9.17, 15) is 5.26 Å². The van der Waals surface area contributed by atoms with Gasteiger partial charge in [0.05, 0.1) is 18.2 Å². The van der Waals surface area contributed by atoms with Crippen LogP contribution in [0, 0.1) is 11.3 Å². The van der Waals surface area contributed by atoms with Gasteiger partial charge < -0.3 is 4.74 Å². The highest BCUT2D eigenvalue weighted by molar-refractivity contribution is 9.10. The van der Waals surface area contributed by atoms with Crippen molar-refractivity contribution in [3.63, 3.8) is 0 Å². The van der Waals surface area contributed by atoms with Gasteiger partial charge in [-0.1, -0.05) is 39.7 Å². The lowest BCUT2D eigenvalue weighted by atomic mass is 10.0. The summed E-state index contributed by atoms with van der Waals surface area (Å²) in [6.45, 7) is 2.48. The van der Waals surface area contributed by atoms with E-state index in [1.54, 1.807) is 18.2 Å². The third kappa shape index (κ3) is 4.10. The third-order valence-corrected chi connectivity index (χ3v) is 3.56. The summed E-state index contributed by atoms with van der Waals surface area (Å²) in [6, 6.07) is 15.2. The van der Waals surface area contributed by atoms with Crippen LogP contribution in [0.3, 0.4) is 0 Å². The topological polar surface area (TPSA) is 33.0 Å². The van der Waals surface area contributed by atoms with Crippen LogP contribution in [0.25, 0.3) is 11.6 Å². The molecule has 21 heavy (non-hydrogen) atoms. The molecule has 0 radical (unpaired) electrons. The second-order valence-electron chi connectivity index (χ2n) is 4.30. The molecule has 0 aromatic heterocycles. The van der Waals surface area contributed by atoms with Crippen molar-refractivity contribution in [2.75, 3.05) is 6.61 Å². The van der Waals surface area contributed by atoms with Gasteiger partial charge >= 0.3 is 0 Å². The Bertz CT molecular complexity index is 719. The second kappa shape index (κ2) is 7.31. The molecule has 0 aliphatic rings. The fourth-order valence-electron chi connectivity index (χ4n) is 1.91. The summed E-state index contributed by atoms with van der Waals surface area (Å²) in [5.74, 6) is 0.713. The Kier molecular flexibility index (Phi) is 5.44. The monoisotopic (exact) mass is 361 g/mol. The van der Waals surface area contributed by atoms with Crippen LogP contribution in [0.4, 0.5) is 0 Å². The number of ether oxygens (including phenoxy) is 1. The van der Waals surface area contributed by atoms with Crippen molar-refractivity contribution in [1.29, 1.82) is 5.26 Å². The van der Waals surface area contributed by atoms with E-state index in [2.05, 4.69) is 22.0 Å². The van der Waals surface area contributed by atoms with Gasteiger partial charge in [-0.15, -0.1) is 0 Å². The lowest BCUT2D eigenvalue weighted by Crippen LogP contribution is -1.94. The minimum Gasteiger partial charge on any atom is -0.493 e. The van der Waals surface area contributed by atoms with Crippen molar-refractivity contribution in [1.82, 2.24) is 0 Å². The molecule has 0 N–H and O–H groups in total. The number of hydrogen-bond acceptors (Lipinski definition) is 2. The third-order valence-electron chi connectivity index (χ3n) is 2.83. The van der Waals surface area contributed by atoms with Gasteiger partial charge in [0, 0.05) is 15.1 Å². The summed E-state index contributed by atoms with van der Waals surface area (Å²) in [4.78, 5) is 0. The first-order valence-corrected chi connectivity index (χ1v) is 7.61. The van der Waals surface area contributed by atoms with Crippen LogP contribution in [-0.2, 0) is 0 Å². The average Bonchev–Trinajstić information content (AvgIpc) is 2.47. The molecular weight excluding hydrogens is 350 g/mol. The first-order valence-electron chi connectivity index (χ1n) is 6.44. The fraction of sp³-hybridized carbons (Fsp3) is 0.118. The van der Waals surface area contributed by atoms with Gasteiger partial charge in [-0.2, -0.15) is 5.26 Å². The highest BCUT2D eigenvalue weighted by Crippen LogP contribution is 2.28. The van der Waals surface area contributed by atoms with E-state index in [1.165, 1.54) is 0 Å². The maximum Gasteiger partial charge on any atom is 0.126 e. The Morgan fingerprint density at radius 1 is 1.33 bits per heavy atom. The standard InChI is InChI=1S/C17H13BrClNO/c1-2-21-17-7-6-16(19)10-13(17)8-14(11-20)12-4-3-5-15(18)9-12/h3-10H,2H2,1H3/b14-8-. The Hall–Kier alpha value is -1.76. The Labute approximate surface area is 137 Å². The normalized spacial score (nSPS) is 11.0. The first-order chi connectivity index (χ1) is 10.1. The number of nitrogens with zero attached hydrogens (tertiary/aromatic N) is 1. The zero-order chi connectivity index (χ0) is 15.2. The number of nitriles is 1. The molecule has 0 atom stereocenters. The number of hydrogen-bond donors (Lipinski definition) is 0. The Balaban J connectivity index is 2.50. The SMILES string of the molecule is CCOc1ccc(Cl)cc1/C=C(/C#N)c1cccc(Br)c1. The van der Waals surface area contributed by atoms with Crippen molar-refractivity contribution in [2.24, 2.45) is 0 Å². The second-order valence-corrected chi connectivity index (χ2v) is 5.65. The van der Waals surface area contributed by atoms with Crippen LogP contribution in [0.1, 0.15) is 18.1 Å². The lowest BCUT2D eigenvalue weighted by Gasteiger charge is -2.08. The van der Waals surface area contributed by atoms with E-state index in [-0.39, 0.29) is 0 Å². The van der Waals surface area contributed by atoms with Gasteiger partial charge in [-0.3, -0.25) is 0 Å². The van der Waals surface area contributed by atoms with Gasteiger partial charge in [0.15, 0.2) is 0 Å². The molecular formula is C17H13BrClNO. The minimum atomic E-state index is 0.555. The highest BCUT2D eigenvalue weighted by atomic mass is 79.9. The van der Waals surface area contributed by atoms with Gasteiger partial charge in [0.25, 0.3) is 0 Å². The summed E-state index contributed by atoms with van der Waals surface area (Å²) in [6.07, 6.45) is 1.79. The first kappa shape index (κ1) is 15.6. The van der Waals surface area contributed by atoms with E-state index >= 15 is 0 Å². The van der Waals surface area contributed by atoms with E-state index in [1.807, 2.05) is 37.3 Å². The van der Waals surface area contributed by atoms with Gasteiger partial charge in [-0.05, 0) is 48.9 Å². The van der Waals surface area contributed by atoms with Crippen molar-refractivity contribution in [3.05, 3.63) is 63.1 Å².